The van der Waals surface area contributed by atoms with E-state index in [4.69, 9.17) is 4.42 Å². The van der Waals surface area contributed by atoms with Crippen LogP contribution in [-0.2, 0) is 14.8 Å². The van der Waals surface area contributed by atoms with Crippen molar-refractivity contribution in [3.8, 4) is 0 Å². The normalized spacial score (nSPS) is 17.5. The van der Waals surface area contributed by atoms with E-state index in [0.29, 0.717) is 6.54 Å². The quantitative estimate of drug-likeness (QED) is 0.723. The van der Waals surface area contributed by atoms with Crippen molar-refractivity contribution < 1.29 is 17.6 Å². The van der Waals surface area contributed by atoms with Crippen LogP contribution < -0.4 is 10.0 Å². The van der Waals surface area contributed by atoms with Gasteiger partial charge in [0.25, 0.3) is 0 Å². The van der Waals surface area contributed by atoms with Gasteiger partial charge in [0.1, 0.15) is 5.76 Å². The van der Waals surface area contributed by atoms with Crippen LogP contribution in [0.1, 0.15) is 31.1 Å². The molecule has 22 heavy (non-hydrogen) atoms. The topological polar surface area (TPSA) is 91.6 Å². The molecule has 1 atom stereocenters. The maximum atomic E-state index is 11.8. The number of rotatable bonds is 8. The van der Waals surface area contributed by atoms with E-state index < -0.39 is 10.0 Å². The molecular formula is C14H23N3O4S. The zero-order valence-corrected chi connectivity index (χ0v) is 13.6. The Labute approximate surface area is 131 Å². The van der Waals surface area contributed by atoms with Gasteiger partial charge in [-0.15, -0.1) is 0 Å². The average Bonchev–Trinajstić information content (AvgIpc) is 3.10. The molecule has 8 heteroatoms. The molecule has 0 saturated carbocycles. The summed E-state index contributed by atoms with van der Waals surface area (Å²) in [7, 11) is -3.25. The van der Waals surface area contributed by atoms with Gasteiger partial charge in [0.2, 0.25) is 15.9 Å². The lowest BCUT2D eigenvalue weighted by Crippen LogP contribution is -2.37. The third-order valence-corrected chi connectivity index (χ3v) is 4.39. The van der Waals surface area contributed by atoms with Gasteiger partial charge in [-0.3, -0.25) is 9.69 Å². The van der Waals surface area contributed by atoms with Gasteiger partial charge >= 0.3 is 0 Å². The number of likely N-dealkylation sites (tertiary alicyclic amines) is 1. The van der Waals surface area contributed by atoms with Crippen LogP contribution in [0.15, 0.2) is 22.8 Å². The van der Waals surface area contributed by atoms with Crippen molar-refractivity contribution in [2.75, 3.05) is 32.4 Å². The molecule has 124 valence electrons. The van der Waals surface area contributed by atoms with Gasteiger partial charge in [0, 0.05) is 19.5 Å². The minimum atomic E-state index is -3.25. The molecule has 7 nitrogen and oxygen atoms in total. The van der Waals surface area contributed by atoms with Gasteiger partial charge < -0.3 is 9.73 Å². The van der Waals surface area contributed by atoms with Gasteiger partial charge in [-0.25, -0.2) is 13.1 Å². The largest absolute Gasteiger partial charge is 0.468 e. The summed E-state index contributed by atoms with van der Waals surface area (Å²) in [6.07, 6.45) is 5.15. The Bertz CT molecular complexity index is 565. The highest BCUT2D eigenvalue weighted by molar-refractivity contribution is 7.88. The molecule has 1 unspecified atom stereocenters. The molecule has 1 aliphatic rings. The second-order valence-corrected chi connectivity index (χ2v) is 7.33. The molecule has 1 amide bonds. The lowest BCUT2D eigenvalue weighted by atomic mass is 10.2. The van der Waals surface area contributed by atoms with Crippen LogP contribution in [0.4, 0.5) is 0 Å². The number of carbonyl (C=O) groups excluding carboxylic acids is 1. The van der Waals surface area contributed by atoms with Crippen molar-refractivity contribution in [3.05, 3.63) is 24.2 Å². The first-order chi connectivity index (χ1) is 10.5. The Morgan fingerprint density at radius 1 is 1.41 bits per heavy atom. The van der Waals surface area contributed by atoms with Crippen molar-refractivity contribution >= 4 is 15.9 Å². The molecule has 1 aromatic rings. The molecule has 0 aliphatic carbocycles. The molecule has 1 aliphatic heterocycles. The molecule has 2 rings (SSSR count). The maximum Gasteiger partial charge on any atom is 0.221 e. The number of amides is 1. The lowest BCUT2D eigenvalue weighted by Gasteiger charge is -2.26. The minimum absolute atomic E-state index is 0.0318. The van der Waals surface area contributed by atoms with Crippen LogP contribution in [0.25, 0.3) is 0 Å². The molecule has 1 aromatic heterocycles. The SMILES string of the molecule is CS(=O)(=O)NCCC(=O)NCC(c1ccco1)N1CCCC1. The fourth-order valence-electron chi connectivity index (χ4n) is 2.59. The summed E-state index contributed by atoms with van der Waals surface area (Å²) in [5.41, 5.74) is 0. The van der Waals surface area contributed by atoms with Crippen molar-refractivity contribution in [1.82, 2.24) is 14.9 Å². The summed E-state index contributed by atoms with van der Waals surface area (Å²) in [5, 5.41) is 2.86. The van der Waals surface area contributed by atoms with Crippen LogP contribution in [0, 0.1) is 0 Å². The fourth-order valence-corrected chi connectivity index (χ4v) is 3.07. The summed E-state index contributed by atoms with van der Waals surface area (Å²) in [4.78, 5) is 14.1. The van der Waals surface area contributed by atoms with Crippen LogP contribution in [0.5, 0.6) is 0 Å². The monoisotopic (exact) mass is 329 g/mol. The van der Waals surface area contributed by atoms with Gasteiger partial charge in [0.05, 0.1) is 18.6 Å². The maximum absolute atomic E-state index is 11.8. The Balaban J connectivity index is 1.82. The van der Waals surface area contributed by atoms with Crippen LogP contribution in [0.3, 0.4) is 0 Å². The summed E-state index contributed by atoms with van der Waals surface area (Å²) in [5.74, 6) is 0.670. The second-order valence-electron chi connectivity index (χ2n) is 5.49. The fraction of sp³-hybridized carbons (Fsp3) is 0.643. The smallest absolute Gasteiger partial charge is 0.221 e. The first kappa shape index (κ1) is 17.0. The molecule has 0 spiro atoms. The van der Waals surface area contributed by atoms with E-state index in [1.807, 2.05) is 12.1 Å². The van der Waals surface area contributed by atoms with E-state index in [2.05, 4.69) is 14.9 Å². The molecular weight excluding hydrogens is 306 g/mol. The summed E-state index contributed by atoms with van der Waals surface area (Å²) in [6, 6.07) is 3.79. The third kappa shape index (κ3) is 5.43. The molecule has 2 heterocycles. The van der Waals surface area contributed by atoms with Crippen molar-refractivity contribution in [1.29, 1.82) is 0 Å². The van der Waals surface area contributed by atoms with Crippen LogP contribution >= 0.6 is 0 Å². The van der Waals surface area contributed by atoms with E-state index in [-0.39, 0.29) is 24.9 Å². The Morgan fingerprint density at radius 3 is 2.73 bits per heavy atom. The van der Waals surface area contributed by atoms with E-state index in [1.165, 1.54) is 0 Å². The molecule has 0 bridgehead atoms. The first-order valence-electron chi connectivity index (χ1n) is 7.44. The number of sulfonamides is 1. The highest BCUT2D eigenvalue weighted by Crippen LogP contribution is 2.24. The lowest BCUT2D eigenvalue weighted by molar-refractivity contribution is -0.121. The summed E-state index contributed by atoms with van der Waals surface area (Å²) in [6.45, 7) is 2.57. The summed E-state index contributed by atoms with van der Waals surface area (Å²) >= 11 is 0. The third-order valence-electron chi connectivity index (χ3n) is 3.66. The van der Waals surface area contributed by atoms with E-state index in [9.17, 15) is 13.2 Å². The first-order valence-corrected chi connectivity index (χ1v) is 9.33. The van der Waals surface area contributed by atoms with Crippen molar-refractivity contribution in [2.45, 2.75) is 25.3 Å². The molecule has 0 aromatic carbocycles. The molecule has 0 radical (unpaired) electrons. The van der Waals surface area contributed by atoms with Crippen LogP contribution in [-0.4, -0.2) is 51.7 Å². The molecule has 1 fully saturated rings. The van der Waals surface area contributed by atoms with Gasteiger partial charge in [-0.1, -0.05) is 0 Å². The van der Waals surface area contributed by atoms with E-state index in [1.54, 1.807) is 6.26 Å². The minimum Gasteiger partial charge on any atom is -0.468 e. The highest BCUT2D eigenvalue weighted by atomic mass is 32.2. The predicted molar refractivity (Wildman–Crippen MR) is 82.7 cm³/mol. The van der Waals surface area contributed by atoms with Gasteiger partial charge in [-0.05, 0) is 38.1 Å². The summed E-state index contributed by atoms with van der Waals surface area (Å²) < 4.78 is 29.7. The predicted octanol–water partition coefficient (Wildman–Crippen LogP) is 0.472. The molecule has 1 saturated heterocycles. The van der Waals surface area contributed by atoms with E-state index >= 15 is 0 Å². The van der Waals surface area contributed by atoms with E-state index in [0.717, 1.165) is 37.9 Å². The number of hydrogen-bond donors (Lipinski definition) is 2. The number of nitrogens with one attached hydrogen (secondary N) is 2. The number of hydrogen-bond acceptors (Lipinski definition) is 5. The number of nitrogens with zero attached hydrogens (tertiary/aromatic N) is 1. The van der Waals surface area contributed by atoms with Gasteiger partial charge in [0.15, 0.2) is 0 Å². The zero-order valence-electron chi connectivity index (χ0n) is 12.7. The van der Waals surface area contributed by atoms with Crippen molar-refractivity contribution in [3.63, 3.8) is 0 Å². The Morgan fingerprint density at radius 2 is 2.14 bits per heavy atom. The Hall–Kier alpha value is -1.38. The zero-order chi connectivity index (χ0) is 16.0. The standard InChI is InChI=1S/C14H23N3O4S/c1-22(19,20)16-7-6-14(18)15-11-12(13-5-4-10-21-13)17-8-2-3-9-17/h4-5,10,12,16H,2-3,6-9,11H2,1H3,(H,15,18). The molecule has 2 N–H and O–H groups in total. The van der Waals surface area contributed by atoms with Crippen molar-refractivity contribution in [2.24, 2.45) is 0 Å². The number of carbonyl (C=O) groups is 1. The second kappa shape index (κ2) is 7.75. The average molecular weight is 329 g/mol. The van der Waals surface area contributed by atoms with Gasteiger partial charge in [-0.2, -0.15) is 0 Å². The highest BCUT2D eigenvalue weighted by Gasteiger charge is 2.25. The Kier molecular flexibility index (Phi) is 5.98. The van der Waals surface area contributed by atoms with Crippen LogP contribution in [0.2, 0.25) is 0 Å². The number of furan rings is 1.